The molecule has 0 aromatic rings. The Labute approximate surface area is 109 Å². The van der Waals surface area contributed by atoms with Crippen molar-refractivity contribution in [2.24, 2.45) is 11.1 Å². The van der Waals surface area contributed by atoms with Crippen molar-refractivity contribution in [1.29, 1.82) is 0 Å². The second-order valence-corrected chi connectivity index (χ2v) is 5.44. The third-order valence-corrected chi connectivity index (χ3v) is 3.96. The first-order valence-electron chi connectivity index (χ1n) is 5.66. The maximum Gasteiger partial charge on any atom is 0.236 e. The summed E-state index contributed by atoms with van der Waals surface area (Å²) in [6.07, 6.45) is 6.47. The molecule has 1 aliphatic rings. The van der Waals surface area contributed by atoms with E-state index in [0.29, 0.717) is 5.41 Å². The Morgan fingerprint density at radius 2 is 2.19 bits per heavy atom. The molecule has 0 radical (unpaired) electrons. The first kappa shape index (κ1) is 16.1. The van der Waals surface area contributed by atoms with Crippen LogP contribution in [0.5, 0.6) is 0 Å². The second-order valence-electron chi connectivity index (χ2n) is 4.46. The average molecular weight is 267 g/mol. The molecule has 0 aromatic heterocycles. The van der Waals surface area contributed by atoms with Gasteiger partial charge in [0.1, 0.15) is 0 Å². The van der Waals surface area contributed by atoms with Gasteiger partial charge in [-0.05, 0) is 43.1 Å². The monoisotopic (exact) mass is 266 g/mol. The maximum atomic E-state index is 11.6. The zero-order chi connectivity index (χ0) is 11.3. The normalized spacial score (nSPS) is 18.4. The third-order valence-electron chi connectivity index (χ3n) is 3.31. The van der Waals surface area contributed by atoms with Crippen LogP contribution in [-0.4, -0.2) is 30.5 Å². The molecule has 3 N–H and O–H groups in total. The predicted octanol–water partition coefficient (Wildman–Crippen LogP) is 1.79. The summed E-state index contributed by atoms with van der Waals surface area (Å²) in [5, 5.41) is 2.97. The molecule has 1 atom stereocenters. The van der Waals surface area contributed by atoms with Gasteiger partial charge >= 0.3 is 0 Å². The van der Waals surface area contributed by atoms with Gasteiger partial charge in [0.2, 0.25) is 5.91 Å². The van der Waals surface area contributed by atoms with Crippen LogP contribution in [0.25, 0.3) is 0 Å². The molecule has 1 saturated carbocycles. The Morgan fingerprint density at radius 1 is 1.56 bits per heavy atom. The minimum atomic E-state index is -0.329. The number of carbonyl (C=O) groups excluding carboxylic acids is 1. The minimum Gasteiger partial charge on any atom is -0.354 e. The molecular formula is C11H23ClN2OS. The molecule has 0 bridgehead atoms. The van der Waals surface area contributed by atoms with E-state index in [1.165, 1.54) is 12.8 Å². The van der Waals surface area contributed by atoms with Crippen LogP contribution in [-0.2, 0) is 4.79 Å². The molecule has 3 nitrogen and oxygen atoms in total. The quantitative estimate of drug-likeness (QED) is 0.739. The van der Waals surface area contributed by atoms with E-state index in [1.54, 1.807) is 11.8 Å². The highest BCUT2D eigenvalue weighted by molar-refractivity contribution is 7.98. The molecule has 1 aliphatic carbocycles. The molecule has 0 spiro atoms. The first-order chi connectivity index (χ1) is 7.13. The van der Waals surface area contributed by atoms with Gasteiger partial charge in [-0.2, -0.15) is 11.8 Å². The van der Waals surface area contributed by atoms with Gasteiger partial charge in [0.25, 0.3) is 0 Å². The molecule has 1 amide bonds. The lowest BCUT2D eigenvalue weighted by Crippen LogP contribution is -2.43. The summed E-state index contributed by atoms with van der Waals surface area (Å²) >= 11 is 1.73. The Kier molecular flexibility index (Phi) is 7.44. The summed E-state index contributed by atoms with van der Waals surface area (Å²) in [6.45, 7) is 3.00. The number of nitrogens with two attached hydrogens (primary N) is 1. The molecule has 0 heterocycles. The summed E-state index contributed by atoms with van der Waals surface area (Å²) in [5.74, 6) is 0.969. The van der Waals surface area contributed by atoms with Crippen molar-refractivity contribution >= 4 is 30.1 Å². The number of thioether (sulfide) groups is 1. The molecule has 0 aromatic carbocycles. The zero-order valence-corrected chi connectivity index (χ0v) is 11.8. The number of amides is 1. The summed E-state index contributed by atoms with van der Waals surface area (Å²) in [5.41, 5.74) is 6.18. The summed E-state index contributed by atoms with van der Waals surface area (Å²) in [7, 11) is 0. The second kappa shape index (κ2) is 7.41. The van der Waals surface area contributed by atoms with Crippen molar-refractivity contribution in [3.63, 3.8) is 0 Å². The van der Waals surface area contributed by atoms with Gasteiger partial charge < -0.3 is 11.1 Å². The van der Waals surface area contributed by atoms with Gasteiger partial charge in [-0.15, -0.1) is 12.4 Å². The van der Waals surface area contributed by atoms with E-state index in [2.05, 4.69) is 12.2 Å². The Bertz CT molecular complexity index is 222. The molecule has 0 saturated heterocycles. The van der Waals surface area contributed by atoms with Gasteiger partial charge in [0, 0.05) is 6.54 Å². The van der Waals surface area contributed by atoms with Crippen LogP contribution in [0.15, 0.2) is 0 Å². The molecule has 16 heavy (non-hydrogen) atoms. The van der Waals surface area contributed by atoms with Crippen LogP contribution < -0.4 is 11.1 Å². The largest absolute Gasteiger partial charge is 0.354 e. The number of hydrogen-bond acceptors (Lipinski definition) is 3. The zero-order valence-electron chi connectivity index (χ0n) is 10.1. The molecule has 96 valence electrons. The summed E-state index contributed by atoms with van der Waals surface area (Å²) in [6, 6.07) is -0.329. The van der Waals surface area contributed by atoms with E-state index in [9.17, 15) is 4.79 Å². The molecule has 1 fully saturated rings. The first-order valence-corrected chi connectivity index (χ1v) is 7.05. The fourth-order valence-corrected chi connectivity index (χ4v) is 2.10. The Hall–Kier alpha value is 0.0700. The molecular weight excluding hydrogens is 244 g/mol. The topological polar surface area (TPSA) is 55.1 Å². The van der Waals surface area contributed by atoms with Crippen LogP contribution in [0.4, 0.5) is 0 Å². The van der Waals surface area contributed by atoms with Crippen molar-refractivity contribution in [2.45, 2.75) is 38.6 Å². The van der Waals surface area contributed by atoms with Gasteiger partial charge in [-0.1, -0.05) is 6.92 Å². The highest BCUT2D eigenvalue weighted by Crippen LogP contribution is 2.47. The van der Waals surface area contributed by atoms with Gasteiger partial charge in [-0.25, -0.2) is 0 Å². The van der Waals surface area contributed by atoms with E-state index >= 15 is 0 Å². The predicted molar refractivity (Wildman–Crippen MR) is 73.2 cm³/mol. The third kappa shape index (κ3) is 4.93. The highest BCUT2D eigenvalue weighted by Gasteiger charge is 2.40. The fraction of sp³-hybridized carbons (Fsp3) is 0.909. The van der Waals surface area contributed by atoms with Gasteiger partial charge in [0.15, 0.2) is 0 Å². The lowest BCUT2D eigenvalue weighted by Gasteiger charge is -2.16. The number of hydrogen-bond donors (Lipinski definition) is 2. The van der Waals surface area contributed by atoms with Crippen LogP contribution in [0.1, 0.15) is 32.6 Å². The standard InChI is InChI=1S/C11H22N2OS.ClH/c1-3-11(5-6-11)8-13-10(14)9(12)4-7-15-2;/h9H,3-8,12H2,1-2H3,(H,13,14);1H/t9-;/m0./s1. The van der Waals surface area contributed by atoms with Crippen molar-refractivity contribution in [2.75, 3.05) is 18.6 Å². The Balaban J connectivity index is 0.00000225. The highest BCUT2D eigenvalue weighted by atomic mass is 35.5. The number of rotatable bonds is 7. The van der Waals surface area contributed by atoms with Crippen molar-refractivity contribution in [3.8, 4) is 0 Å². The smallest absolute Gasteiger partial charge is 0.236 e. The van der Waals surface area contributed by atoms with Gasteiger partial charge in [-0.3, -0.25) is 4.79 Å². The van der Waals surface area contributed by atoms with Crippen LogP contribution in [0.2, 0.25) is 0 Å². The average Bonchev–Trinajstić information content (AvgIpc) is 3.03. The van der Waals surface area contributed by atoms with Crippen molar-refractivity contribution in [1.82, 2.24) is 5.32 Å². The minimum absolute atomic E-state index is 0. The van der Waals surface area contributed by atoms with Crippen LogP contribution in [0.3, 0.4) is 0 Å². The molecule has 5 heteroatoms. The fourth-order valence-electron chi connectivity index (χ4n) is 1.61. The molecule has 0 unspecified atom stereocenters. The van der Waals surface area contributed by atoms with E-state index in [4.69, 9.17) is 5.73 Å². The van der Waals surface area contributed by atoms with Crippen molar-refractivity contribution in [3.05, 3.63) is 0 Å². The van der Waals surface area contributed by atoms with Gasteiger partial charge in [0.05, 0.1) is 6.04 Å². The van der Waals surface area contributed by atoms with E-state index in [1.807, 2.05) is 6.26 Å². The summed E-state index contributed by atoms with van der Waals surface area (Å²) < 4.78 is 0. The van der Waals surface area contributed by atoms with Crippen LogP contribution >= 0.6 is 24.2 Å². The lowest BCUT2D eigenvalue weighted by atomic mass is 10.0. The van der Waals surface area contributed by atoms with Crippen molar-refractivity contribution < 1.29 is 4.79 Å². The number of halogens is 1. The van der Waals surface area contributed by atoms with E-state index < -0.39 is 0 Å². The number of nitrogens with one attached hydrogen (secondary N) is 1. The summed E-state index contributed by atoms with van der Waals surface area (Å²) in [4.78, 5) is 11.6. The molecule has 0 aliphatic heterocycles. The van der Waals surface area contributed by atoms with Crippen LogP contribution in [0, 0.1) is 5.41 Å². The van der Waals surface area contributed by atoms with E-state index in [-0.39, 0.29) is 24.4 Å². The maximum absolute atomic E-state index is 11.6. The lowest BCUT2D eigenvalue weighted by molar-refractivity contribution is -0.122. The Morgan fingerprint density at radius 3 is 2.62 bits per heavy atom. The van der Waals surface area contributed by atoms with E-state index in [0.717, 1.165) is 25.1 Å². The SMILES string of the molecule is CCC1(CNC(=O)[C@@H](N)CCSC)CC1.Cl. The molecule has 1 rings (SSSR count). The number of carbonyl (C=O) groups is 1.